The highest BCUT2D eigenvalue weighted by Gasteiger charge is 2.47. The van der Waals surface area contributed by atoms with Crippen molar-refractivity contribution in [1.29, 1.82) is 0 Å². The topological polar surface area (TPSA) is 66.8 Å². The molecule has 1 fully saturated rings. The van der Waals surface area contributed by atoms with Crippen LogP contribution in [-0.2, 0) is 16.1 Å². The molecule has 1 aliphatic heterocycles. The minimum absolute atomic E-state index is 0.0692. The van der Waals surface area contributed by atoms with Crippen LogP contribution < -0.4 is 4.74 Å². The van der Waals surface area contributed by atoms with Gasteiger partial charge in [0.25, 0.3) is 11.7 Å². The van der Waals surface area contributed by atoms with Gasteiger partial charge >= 0.3 is 0 Å². The first-order valence-corrected chi connectivity index (χ1v) is 10.9. The van der Waals surface area contributed by atoms with E-state index in [1.54, 1.807) is 30.3 Å². The lowest BCUT2D eigenvalue weighted by Gasteiger charge is -2.25. The smallest absolute Gasteiger partial charge is 0.295 e. The number of ketones is 1. The van der Waals surface area contributed by atoms with E-state index < -0.39 is 35.1 Å². The van der Waals surface area contributed by atoms with Gasteiger partial charge in [-0.3, -0.25) is 9.59 Å². The Morgan fingerprint density at radius 2 is 1.74 bits per heavy atom. The second kappa shape index (κ2) is 9.87. The first-order valence-electron chi connectivity index (χ1n) is 10.9. The van der Waals surface area contributed by atoms with E-state index in [0.717, 1.165) is 6.42 Å². The maximum absolute atomic E-state index is 14.9. The minimum atomic E-state index is -1.16. The van der Waals surface area contributed by atoms with E-state index in [4.69, 9.17) is 4.74 Å². The fourth-order valence-electron chi connectivity index (χ4n) is 3.96. The summed E-state index contributed by atoms with van der Waals surface area (Å²) in [5.74, 6) is -2.79. The molecule has 1 atom stereocenters. The van der Waals surface area contributed by atoms with Crippen LogP contribution >= 0.6 is 0 Å². The Morgan fingerprint density at radius 1 is 1.00 bits per heavy atom. The van der Waals surface area contributed by atoms with E-state index in [0.29, 0.717) is 17.9 Å². The number of benzene rings is 3. The summed E-state index contributed by atoms with van der Waals surface area (Å²) in [6, 6.07) is 16.6. The summed E-state index contributed by atoms with van der Waals surface area (Å²) < 4.78 is 33.9. The van der Waals surface area contributed by atoms with Crippen molar-refractivity contribution in [1.82, 2.24) is 4.90 Å². The van der Waals surface area contributed by atoms with Crippen molar-refractivity contribution in [2.24, 2.45) is 0 Å². The van der Waals surface area contributed by atoms with Gasteiger partial charge in [-0.05, 0) is 42.3 Å². The summed E-state index contributed by atoms with van der Waals surface area (Å²) in [5, 5.41) is 11.2. The number of carbonyl (C=O) groups excluding carboxylic acids is 2. The van der Waals surface area contributed by atoms with Crippen LogP contribution in [0, 0.1) is 11.6 Å². The predicted octanol–water partition coefficient (Wildman–Crippen LogP) is 5.38. The van der Waals surface area contributed by atoms with E-state index in [1.165, 1.54) is 47.4 Å². The highest BCUT2D eigenvalue weighted by molar-refractivity contribution is 6.46. The highest BCUT2D eigenvalue weighted by Crippen LogP contribution is 2.41. The molecule has 0 spiro atoms. The molecule has 1 aliphatic rings. The number of amides is 1. The van der Waals surface area contributed by atoms with Crippen LogP contribution in [0.25, 0.3) is 5.76 Å². The lowest BCUT2D eigenvalue weighted by atomic mass is 9.94. The SMILES string of the molecule is CCCOc1cccc(/C(O)=C2/C(=O)C(=O)N(Cc3ccc(F)cc3)C2c2ccccc2F)c1. The molecule has 0 bridgehead atoms. The summed E-state index contributed by atoms with van der Waals surface area (Å²) in [5.41, 5.74) is 0.683. The monoisotopic (exact) mass is 463 g/mol. The maximum atomic E-state index is 14.9. The number of aliphatic hydroxyl groups excluding tert-OH is 1. The molecule has 0 aromatic heterocycles. The number of Topliss-reactive ketones (excluding diaryl/α,β-unsaturated/α-hetero) is 1. The van der Waals surface area contributed by atoms with Crippen LogP contribution in [-0.4, -0.2) is 28.3 Å². The van der Waals surface area contributed by atoms with Crippen molar-refractivity contribution in [3.05, 3.63) is 107 Å². The molecule has 3 aromatic rings. The minimum Gasteiger partial charge on any atom is -0.507 e. The number of nitrogens with zero attached hydrogens (tertiary/aromatic N) is 1. The first kappa shape index (κ1) is 23.2. The Hall–Kier alpha value is -4.00. The number of rotatable bonds is 7. The largest absolute Gasteiger partial charge is 0.507 e. The lowest BCUT2D eigenvalue weighted by Crippen LogP contribution is -2.29. The molecular weight excluding hydrogens is 440 g/mol. The summed E-state index contributed by atoms with van der Waals surface area (Å²) in [6.45, 7) is 2.36. The van der Waals surface area contributed by atoms with Gasteiger partial charge in [0.15, 0.2) is 0 Å². The molecule has 7 heteroatoms. The number of halogens is 2. The van der Waals surface area contributed by atoms with E-state index >= 15 is 0 Å². The fourth-order valence-corrected chi connectivity index (χ4v) is 3.96. The zero-order chi connectivity index (χ0) is 24.2. The van der Waals surface area contributed by atoms with Crippen molar-refractivity contribution in [3.63, 3.8) is 0 Å². The van der Waals surface area contributed by atoms with Crippen LogP contribution in [0.5, 0.6) is 5.75 Å². The molecule has 4 rings (SSSR count). The third-order valence-corrected chi connectivity index (χ3v) is 5.59. The molecule has 0 saturated carbocycles. The molecule has 1 heterocycles. The number of hydrogen-bond acceptors (Lipinski definition) is 4. The molecule has 0 aliphatic carbocycles. The van der Waals surface area contributed by atoms with Gasteiger partial charge in [-0.1, -0.05) is 49.4 Å². The summed E-state index contributed by atoms with van der Waals surface area (Å²) >= 11 is 0. The second-order valence-corrected chi connectivity index (χ2v) is 7.95. The van der Waals surface area contributed by atoms with Crippen LogP contribution in [0.4, 0.5) is 8.78 Å². The predicted molar refractivity (Wildman–Crippen MR) is 123 cm³/mol. The average molecular weight is 463 g/mol. The van der Waals surface area contributed by atoms with E-state index in [2.05, 4.69) is 0 Å². The molecule has 174 valence electrons. The number of ether oxygens (including phenoxy) is 1. The Labute approximate surface area is 195 Å². The summed E-state index contributed by atoms with van der Waals surface area (Å²) in [6.07, 6.45) is 0.790. The molecule has 1 unspecified atom stereocenters. The van der Waals surface area contributed by atoms with E-state index in [9.17, 15) is 23.5 Å². The lowest BCUT2D eigenvalue weighted by molar-refractivity contribution is -0.140. The zero-order valence-electron chi connectivity index (χ0n) is 18.5. The van der Waals surface area contributed by atoms with Gasteiger partial charge in [0, 0.05) is 17.7 Å². The third kappa shape index (κ3) is 4.55. The Bertz CT molecular complexity index is 1250. The van der Waals surface area contributed by atoms with Gasteiger partial charge in [-0.15, -0.1) is 0 Å². The van der Waals surface area contributed by atoms with Crippen molar-refractivity contribution in [2.75, 3.05) is 6.61 Å². The molecule has 1 amide bonds. The van der Waals surface area contributed by atoms with Crippen LogP contribution in [0.15, 0.2) is 78.4 Å². The fraction of sp³-hybridized carbons (Fsp3) is 0.185. The first-order chi connectivity index (χ1) is 16.4. The van der Waals surface area contributed by atoms with Crippen molar-refractivity contribution >= 4 is 17.4 Å². The zero-order valence-corrected chi connectivity index (χ0v) is 18.5. The van der Waals surface area contributed by atoms with E-state index in [1.807, 2.05) is 6.92 Å². The third-order valence-electron chi connectivity index (χ3n) is 5.59. The van der Waals surface area contributed by atoms with Crippen LogP contribution in [0.1, 0.15) is 36.1 Å². The van der Waals surface area contributed by atoms with Crippen LogP contribution in [0.3, 0.4) is 0 Å². The molecule has 3 aromatic carbocycles. The summed E-state index contributed by atoms with van der Waals surface area (Å²) in [4.78, 5) is 27.3. The molecule has 0 radical (unpaired) electrons. The maximum Gasteiger partial charge on any atom is 0.295 e. The van der Waals surface area contributed by atoms with Crippen LogP contribution in [0.2, 0.25) is 0 Å². The quantitative estimate of drug-likeness (QED) is 0.290. The molecular formula is C27H23F2NO4. The Balaban J connectivity index is 1.83. The van der Waals surface area contributed by atoms with E-state index in [-0.39, 0.29) is 23.2 Å². The van der Waals surface area contributed by atoms with Gasteiger partial charge in [-0.2, -0.15) is 0 Å². The van der Waals surface area contributed by atoms with Gasteiger partial charge in [-0.25, -0.2) is 8.78 Å². The number of carbonyl (C=O) groups is 2. The molecule has 5 nitrogen and oxygen atoms in total. The van der Waals surface area contributed by atoms with Gasteiger partial charge in [0.2, 0.25) is 0 Å². The molecule has 1 N–H and O–H groups in total. The normalized spacial score (nSPS) is 17.3. The number of likely N-dealkylation sites (tertiary alicyclic amines) is 1. The molecule has 34 heavy (non-hydrogen) atoms. The highest BCUT2D eigenvalue weighted by atomic mass is 19.1. The standard InChI is InChI=1S/C27H23F2NO4/c1-2-14-34-20-7-5-6-18(15-20)25(31)23-24(21-8-3-4-9-22(21)29)30(27(33)26(23)32)16-17-10-12-19(28)13-11-17/h3-13,15,24,31H,2,14,16H2,1H3/b25-23-. The van der Waals surface area contributed by atoms with Crippen molar-refractivity contribution in [3.8, 4) is 5.75 Å². The Morgan fingerprint density at radius 3 is 2.44 bits per heavy atom. The Kier molecular flexibility index (Phi) is 6.72. The average Bonchev–Trinajstić information content (AvgIpc) is 3.09. The van der Waals surface area contributed by atoms with Crippen molar-refractivity contribution < 1.29 is 28.2 Å². The van der Waals surface area contributed by atoms with Gasteiger partial charge in [0.1, 0.15) is 23.1 Å². The molecule has 1 saturated heterocycles. The van der Waals surface area contributed by atoms with Gasteiger partial charge < -0.3 is 14.7 Å². The number of hydrogen-bond donors (Lipinski definition) is 1. The number of aliphatic hydroxyl groups is 1. The van der Waals surface area contributed by atoms with Crippen molar-refractivity contribution in [2.45, 2.75) is 25.9 Å². The summed E-state index contributed by atoms with van der Waals surface area (Å²) in [7, 11) is 0. The second-order valence-electron chi connectivity index (χ2n) is 7.95. The van der Waals surface area contributed by atoms with Gasteiger partial charge in [0.05, 0.1) is 18.2 Å².